The van der Waals surface area contributed by atoms with Gasteiger partial charge in [-0.05, 0) is 25.7 Å². The minimum Gasteiger partial charge on any atom is -0.481 e. The number of nitrogens with zero attached hydrogens (tertiary/aromatic N) is 1. The topological polar surface area (TPSA) is 66.8 Å². The van der Waals surface area contributed by atoms with Crippen molar-refractivity contribution in [3.05, 3.63) is 0 Å². The summed E-state index contributed by atoms with van der Waals surface area (Å²) in [7, 11) is 0. The molecule has 20 heavy (non-hydrogen) atoms. The number of morpholine rings is 1. The zero-order valence-corrected chi connectivity index (χ0v) is 11.8. The lowest BCUT2D eigenvalue weighted by Gasteiger charge is -2.47. The average Bonchev–Trinajstić information content (AvgIpc) is 2.37. The number of ether oxygens (including phenoxy) is 1. The highest BCUT2D eigenvalue weighted by Crippen LogP contribution is 2.39. The average molecular weight is 281 g/mol. The maximum atomic E-state index is 12.5. The van der Waals surface area contributed by atoms with Gasteiger partial charge in [0, 0.05) is 13.1 Å². The molecule has 5 heteroatoms. The highest BCUT2D eigenvalue weighted by Gasteiger charge is 2.46. The molecule has 2 aliphatic carbocycles. The predicted octanol–water partition coefficient (Wildman–Crippen LogP) is 1.66. The van der Waals surface area contributed by atoms with Crippen LogP contribution in [0.5, 0.6) is 0 Å². The molecule has 2 saturated carbocycles. The lowest BCUT2D eigenvalue weighted by Crippen LogP contribution is -2.57. The van der Waals surface area contributed by atoms with Crippen LogP contribution in [-0.4, -0.2) is 47.2 Å². The molecule has 2 atom stereocenters. The molecule has 3 aliphatic rings. The first-order valence-corrected chi connectivity index (χ1v) is 7.77. The van der Waals surface area contributed by atoms with Gasteiger partial charge in [0.2, 0.25) is 5.91 Å². The van der Waals surface area contributed by atoms with Gasteiger partial charge in [-0.1, -0.05) is 19.3 Å². The van der Waals surface area contributed by atoms with Crippen LogP contribution in [0.15, 0.2) is 0 Å². The Morgan fingerprint density at radius 2 is 1.80 bits per heavy atom. The fourth-order valence-electron chi connectivity index (χ4n) is 3.86. The second-order valence-electron chi connectivity index (χ2n) is 6.48. The minimum absolute atomic E-state index is 0.0388. The summed E-state index contributed by atoms with van der Waals surface area (Å²) in [5.41, 5.74) is -0.144. The van der Waals surface area contributed by atoms with Crippen LogP contribution >= 0.6 is 0 Å². The number of carboxylic acid groups (broad SMARTS) is 1. The highest BCUT2D eigenvalue weighted by atomic mass is 16.5. The summed E-state index contributed by atoms with van der Waals surface area (Å²) in [5, 5.41) is 9.10. The highest BCUT2D eigenvalue weighted by molar-refractivity contribution is 5.86. The monoisotopic (exact) mass is 281 g/mol. The van der Waals surface area contributed by atoms with Crippen molar-refractivity contribution in [2.75, 3.05) is 19.7 Å². The van der Waals surface area contributed by atoms with Crippen molar-refractivity contribution in [3.63, 3.8) is 0 Å². The molecule has 0 aromatic carbocycles. The Bertz CT molecular complexity index is 397. The molecular weight excluding hydrogens is 258 g/mol. The Morgan fingerprint density at radius 1 is 1.10 bits per heavy atom. The third kappa shape index (κ3) is 2.43. The molecule has 3 rings (SSSR count). The van der Waals surface area contributed by atoms with Crippen molar-refractivity contribution in [1.29, 1.82) is 0 Å². The van der Waals surface area contributed by atoms with E-state index >= 15 is 0 Å². The van der Waals surface area contributed by atoms with Crippen molar-refractivity contribution in [2.45, 2.75) is 50.5 Å². The van der Waals surface area contributed by atoms with E-state index in [1.165, 1.54) is 19.3 Å². The second kappa shape index (κ2) is 5.35. The zero-order valence-electron chi connectivity index (χ0n) is 11.8. The summed E-state index contributed by atoms with van der Waals surface area (Å²) in [6.07, 6.45) is 7.02. The fourth-order valence-corrected chi connectivity index (χ4v) is 3.86. The van der Waals surface area contributed by atoms with E-state index in [9.17, 15) is 9.59 Å². The first-order chi connectivity index (χ1) is 9.61. The number of rotatable bonds is 2. The fraction of sp³-hybridized carbons (Fsp3) is 0.867. The number of carbonyl (C=O) groups excluding carboxylic acids is 1. The lowest BCUT2D eigenvalue weighted by molar-refractivity contribution is -0.169. The molecule has 2 unspecified atom stereocenters. The normalized spacial score (nSPS) is 32.7. The quantitative estimate of drug-likeness (QED) is 0.836. The summed E-state index contributed by atoms with van der Waals surface area (Å²) in [4.78, 5) is 25.5. The van der Waals surface area contributed by atoms with Gasteiger partial charge < -0.3 is 14.7 Å². The van der Waals surface area contributed by atoms with Crippen molar-refractivity contribution in [2.24, 2.45) is 11.8 Å². The van der Waals surface area contributed by atoms with Crippen LogP contribution in [-0.2, 0) is 14.3 Å². The predicted molar refractivity (Wildman–Crippen MR) is 72.2 cm³/mol. The first-order valence-electron chi connectivity index (χ1n) is 7.77. The summed E-state index contributed by atoms with van der Waals surface area (Å²) in [6, 6.07) is 0. The van der Waals surface area contributed by atoms with Crippen LogP contribution in [0.3, 0.4) is 0 Å². The van der Waals surface area contributed by atoms with E-state index in [0.717, 1.165) is 19.3 Å². The number of carboxylic acids is 1. The van der Waals surface area contributed by atoms with E-state index in [1.54, 1.807) is 0 Å². The van der Waals surface area contributed by atoms with Gasteiger partial charge in [-0.25, -0.2) is 0 Å². The SMILES string of the molecule is O=C(O)C1CCC1C(=O)N1CCOC2(CCCCC2)C1. The molecule has 1 aliphatic heterocycles. The van der Waals surface area contributed by atoms with E-state index < -0.39 is 11.9 Å². The van der Waals surface area contributed by atoms with Gasteiger partial charge in [0.15, 0.2) is 0 Å². The Balaban J connectivity index is 1.64. The second-order valence-corrected chi connectivity index (χ2v) is 6.48. The first kappa shape index (κ1) is 13.9. The lowest BCUT2D eigenvalue weighted by atomic mass is 9.72. The van der Waals surface area contributed by atoms with E-state index in [-0.39, 0.29) is 17.4 Å². The van der Waals surface area contributed by atoms with Crippen molar-refractivity contribution < 1.29 is 19.4 Å². The third-order valence-electron chi connectivity index (χ3n) is 5.23. The molecule has 1 saturated heterocycles. The molecule has 1 heterocycles. The molecule has 3 fully saturated rings. The Hall–Kier alpha value is -1.10. The largest absolute Gasteiger partial charge is 0.481 e. The van der Waals surface area contributed by atoms with Crippen LogP contribution in [0, 0.1) is 11.8 Å². The van der Waals surface area contributed by atoms with Crippen LogP contribution in [0.2, 0.25) is 0 Å². The van der Waals surface area contributed by atoms with Gasteiger partial charge in [0.1, 0.15) is 0 Å². The van der Waals surface area contributed by atoms with Crippen LogP contribution < -0.4 is 0 Å². The minimum atomic E-state index is -0.824. The molecule has 0 aromatic heterocycles. The molecule has 112 valence electrons. The zero-order chi connectivity index (χ0) is 14.2. The molecular formula is C15H23NO4. The van der Waals surface area contributed by atoms with Gasteiger partial charge in [0.25, 0.3) is 0 Å². The Labute approximate surface area is 119 Å². The molecule has 1 spiro atoms. The number of carbonyl (C=O) groups is 2. The number of aliphatic carboxylic acids is 1. The standard InChI is InChI=1S/C15H23NO4/c17-13(11-4-5-12(11)14(18)19)16-8-9-20-15(10-16)6-2-1-3-7-15/h11-12H,1-10H2,(H,18,19). The van der Waals surface area contributed by atoms with Crippen LogP contribution in [0.4, 0.5) is 0 Å². The van der Waals surface area contributed by atoms with Gasteiger partial charge in [-0.3, -0.25) is 9.59 Å². The number of hydrogen-bond acceptors (Lipinski definition) is 3. The van der Waals surface area contributed by atoms with E-state index in [2.05, 4.69) is 0 Å². The molecule has 1 amide bonds. The van der Waals surface area contributed by atoms with Gasteiger partial charge in [0.05, 0.1) is 24.0 Å². The summed E-state index contributed by atoms with van der Waals surface area (Å²) in [6.45, 7) is 1.87. The maximum Gasteiger partial charge on any atom is 0.307 e. The Kier molecular flexibility index (Phi) is 3.71. The third-order valence-corrected chi connectivity index (χ3v) is 5.23. The van der Waals surface area contributed by atoms with Gasteiger partial charge in [-0.2, -0.15) is 0 Å². The molecule has 1 N–H and O–H groups in total. The molecule has 0 radical (unpaired) electrons. The molecule has 0 bridgehead atoms. The Morgan fingerprint density at radius 3 is 2.40 bits per heavy atom. The summed E-state index contributed by atoms with van der Waals surface area (Å²) in [5.74, 6) is -1.55. The van der Waals surface area contributed by atoms with Crippen molar-refractivity contribution in [3.8, 4) is 0 Å². The smallest absolute Gasteiger partial charge is 0.307 e. The molecule has 0 aromatic rings. The molecule has 5 nitrogen and oxygen atoms in total. The number of hydrogen-bond donors (Lipinski definition) is 1. The van der Waals surface area contributed by atoms with E-state index in [0.29, 0.717) is 26.1 Å². The van der Waals surface area contributed by atoms with E-state index in [1.807, 2.05) is 4.90 Å². The van der Waals surface area contributed by atoms with Crippen LogP contribution in [0.25, 0.3) is 0 Å². The van der Waals surface area contributed by atoms with Crippen LogP contribution in [0.1, 0.15) is 44.9 Å². The summed E-state index contributed by atoms with van der Waals surface area (Å²) < 4.78 is 5.98. The number of amides is 1. The van der Waals surface area contributed by atoms with Gasteiger partial charge in [-0.15, -0.1) is 0 Å². The van der Waals surface area contributed by atoms with Crippen molar-refractivity contribution >= 4 is 11.9 Å². The van der Waals surface area contributed by atoms with Gasteiger partial charge >= 0.3 is 5.97 Å². The van der Waals surface area contributed by atoms with E-state index in [4.69, 9.17) is 9.84 Å². The van der Waals surface area contributed by atoms with Crippen molar-refractivity contribution in [1.82, 2.24) is 4.90 Å². The maximum absolute atomic E-state index is 12.5. The summed E-state index contributed by atoms with van der Waals surface area (Å²) >= 11 is 0.